The summed E-state index contributed by atoms with van der Waals surface area (Å²) in [5, 5.41) is 0. The SMILES string of the molecule is CCCC1CCC(c2ccc(/C=C/c3ccc(-c4ccc(CC)c(F)c4F)cc3)c(F)c2F)CC1. The molecule has 1 aliphatic carbocycles. The van der Waals surface area contributed by atoms with Crippen LogP contribution in [0.4, 0.5) is 17.6 Å². The first-order valence-electron chi connectivity index (χ1n) is 12.7. The fourth-order valence-corrected chi connectivity index (χ4v) is 5.24. The van der Waals surface area contributed by atoms with E-state index in [0.29, 0.717) is 29.0 Å². The molecule has 184 valence electrons. The number of halogens is 4. The Labute approximate surface area is 205 Å². The minimum absolute atomic E-state index is 0.0832. The molecule has 1 aliphatic rings. The van der Waals surface area contributed by atoms with Crippen LogP contribution in [0.1, 0.15) is 80.5 Å². The number of hydrogen-bond acceptors (Lipinski definition) is 0. The number of hydrogen-bond donors (Lipinski definition) is 0. The minimum Gasteiger partial charge on any atom is -0.203 e. The Bertz CT molecular complexity index is 1190. The molecule has 0 atom stereocenters. The Hall–Kier alpha value is -2.88. The van der Waals surface area contributed by atoms with Gasteiger partial charge in [0.15, 0.2) is 23.3 Å². The second-order valence-corrected chi connectivity index (χ2v) is 9.59. The van der Waals surface area contributed by atoms with E-state index in [1.54, 1.807) is 67.6 Å². The van der Waals surface area contributed by atoms with E-state index in [9.17, 15) is 17.6 Å². The quantitative estimate of drug-likeness (QED) is 0.233. The van der Waals surface area contributed by atoms with Gasteiger partial charge in [0, 0.05) is 11.1 Å². The molecule has 3 aromatic carbocycles. The van der Waals surface area contributed by atoms with Crippen LogP contribution < -0.4 is 0 Å². The maximum atomic E-state index is 14.9. The van der Waals surface area contributed by atoms with Crippen LogP contribution >= 0.6 is 0 Å². The van der Waals surface area contributed by atoms with Crippen molar-refractivity contribution in [1.29, 1.82) is 0 Å². The van der Waals surface area contributed by atoms with Crippen molar-refractivity contribution in [3.8, 4) is 11.1 Å². The zero-order chi connectivity index (χ0) is 24.9. The van der Waals surface area contributed by atoms with E-state index >= 15 is 0 Å². The van der Waals surface area contributed by atoms with Crippen LogP contribution in [0, 0.1) is 29.2 Å². The lowest BCUT2D eigenvalue weighted by atomic mass is 9.77. The van der Waals surface area contributed by atoms with Gasteiger partial charge in [-0.05, 0) is 66.2 Å². The van der Waals surface area contributed by atoms with Crippen molar-refractivity contribution in [3.05, 3.63) is 94.1 Å². The third-order valence-corrected chi connectivity index (χ3v) is 7.35. The van der Waals surface area contributed by atoms with Gasteiger partial charge in [0.05, 0.1) is 0 Å². The molecule has 3 aromatic rings. The number of aryl methyl sites for hydroxylation is 1. The van der Waals surface area contributed by atoms with Crippen LogP contribution in [-0.4, -0.2) is 0 Å². The van der Waals surface area contributed by atoms with Crippen molar-refractivity contribution in [3.63, 3.8) is 0 Å². The van der Waals surface area contributed by atoms with E-state index in [-0.39, 0.29) is 17.0 Å². The minimum atomic E-state index is -0.857. The smallest absolute Gasteiger partial charge is 0.166 e. The molecule has 1 fully saturated rings. The Morgan fingerprint density at radius 3 is 2.09 bits per heavy atom. The lowest BCUT2D eigenvalue weighted by Crippen LogP contribution is -2.15. The molecule has 4 heteroatoms. The highest BCUT2D eigenvalue weighted by Gasteiger charge is 2.25. The third-order valence-electron chi connectivity index (χ3n) is 7.35. The molecule has 0 aromatic heterocycles. The van der Waals surface area contributed by atoms with Crippen LogP contribution in [-0.2, 0) is 6.42 Å². The molecule has 0 radical (unpaired) electrons. The number of benzene rings is 3. The predicted octanol–water partition coefficient (Wildman–Crippen LogP) is 9.72. The number of rotatable bonds is 7. The highest BCUT2D eigenvalue weighted by atomic mass is 19.2. The van der Waals surface area contributed by atoms with E-state index in [1.807, 2.05) is 0 Å². The molecule has 0 unspecified atom stereocenters. The molecule has 0 saturated heterocycles. The molecular formula is C31H32F4. The summed E-state index contributed by atoms with van der Waals surface area (Å²) < 4.78 is 58.3. The van der Waals surface area contributed by atoms with Crippen molar-refractivity contribution in [1.82, 2.24) is 0 Å². The first-order valence-corrected chi connectivity index (χ1v) is 12.7. The van der Waals surface area contributed by atoms with Crippen LogP contribution in [0.3, 0.4) is 0 Å². The average molecular weight is 481 g/mol. The first-order chi connectivity index (χ1) is 16.9. The van der Waals surface area contributed by atoms with E-state index in [4.69, 9.17) is 0 Å². The largest absolute Gasteiger partial charge is 0.203 e. The summed E-state index contributed by atoms with van der Waals surface area (Å²) in [5.74, 6) is -2.44. The van der Waals surface area contributed by atoms with Crippen LogP contribution in [0.2, 0.25) is 0 Å². The van der Waals surface area contributed by atoms with Crippen LogP contribution in [0.5, 0.6) is 0 Å². The predicted molar refractivity (Wildman–Crippen MR) is 136 cm³/mol. The molecule has 4 rings (SSSR count). The lowest BCUT2D eigenvalue weighted by Gasteiger charge is -2.29. The summed E-state index contributed by atoms with van der Waals surface area (Å²) in [6.07, 6.45) is 10.0. The summed E-state index contributed by atoms with van der Waals surface area (Å²) in [6, 6.07) is 13.4. The Morgan fingerprint density at radius 1 is 0.714 bits per heavy atom. The summed E-state index contributed by atoms with van der Waals surface area (Å²) in [7, 11) is 0. The fourth-order valence-electron chi connectivity index (χ4n) is 5.24. The van der Waals surface area contributed by atoms with Gasteiger partial charge in [-0.15, -0.1) is 0 Å². The van der Waals surface area contributed by atoms with Crippen LogP contribution in [0.25, 0.3) is 23.3 Å². The van der Waals surface area contributed by atoms with E-state index in [0.717, 1.165) is 31.2 Å². The van der Waals surface area contributed by atoms with E-state index in [2.05, 4.69) is 6.92 Å². The van der Waals surface area contributed by atoms with Crippen molar-refractivity contribution in [2.75, 3.05) is 0 Å². The van der Waals surface area contributed by atoms with Gasteiger partial charge in [0.1, 0.15) is 0 Å². The molecule has 1 saturated carbocycles. The van der Waals surface area contributed by atoms with E-state index in [1.165, 1.54) is 12.8 Å². The van der Waals surface area contributed by atoms with Gasteiger partial charge >= 0.3 is 0 Å². The molecule has 0 spiro atoms. The Balaban J connectivity index is 1.48. The molecule has 0 aliphatic heterocycles. The first kappa shape index (κ1) is 25.2. The maximum Gasteiger partial charge on any atom is 0.166 e. The van der Waals surface area contributed by atoms with Gasteiger partial charge in [-0.3, -0.25) is 0 Å². The normalized spacial score (nSPS) is 18.3. The van der Waals surface area contributed by atoms with Crippen molar-refractivity contribution in [2.45, 2.75) is 64.7 Å². The summed E-state index contributed by atoms with van der Waals surface area (Å²) in [4.78, 5) is 0. The van der Waals surface area contributed by atoms with Crippen molar-refractivity contribution < 1.29 is 17.6 Å². The van der Waals surface area contributed by atoms with Gasteiger partial charge < -0.3 is 0 Å². The van der Waals surface area contributed by atoms with Gasteiger partial charge in [-0.25, -0.2) is 17.6 Å². The van der Waals surface area contributed by atoms with Gasteiger partial charge in [-0.1, -0.05) is 87.4 Å². The molecule has 0 N–H and O–H groups in total. The lowest BCUT2D eigenvalue weighted by molar-refractivity contribution is 0.303. The zero-order valence-corrected chi connectivity index (χ0v) is 20.4. The average Bonchev–Trinajstić information content (AvgIpc) is 2.88. The monoisotopic (exact) mass is 480 g/mol. The molecular weight excluding hydrogens is 448 g/mol. The maximum absolute atomic E-state index is 14.9. The van der Waals surface area contributed by atoms with Crippen molar-refractivity contribution in [2.24, 2.45) is 5.92 Å². The Morgan fingerprint density at radius 2 is 1.43 bits per heavy atom. The second kappa shape index (κ2) is 11.2. The molecule has 0 bridgehead atoms. The highest BCUT2D eigenvalue weighted by molar-refractivity contribution is 5.72. The highest BCUT2D eigenvalue weighted by Crippen LogP contribution is 2.39. The van der Waals surface area contributed by atoms with Crippen LogP contribution in [0.15, 0.2) is 48.5 Å². The Kier molecular flexibility index (Phi) is 8.10. The standard InChI is InChI=1S/C31H32F4/c1-3-5-20-6-11-23(12-7-20)27-19-17-25(29(33)31(27)35)15-10-21-8-13-24(14-9-21)26-18-16-22(4-2)28(32)30(26)34/h8-10,13-20,23H,3-7,11-12H2,1-2H3/b15-10+. The topological polar surface area (TPSA) is 0 Å². The summed E-state index contributed by atoms with van der Waals surface area (Å²) in [6.45, 7) is 3.97. The van der Waals surface area contributed by atoms with E-state index < -0.39 is 23.3 Å². The third kappa shape index (κ3) is 5.52. The van der Waals surface area contributed by atoms with Crippen molar-refractivity contribution >= 4 is 12.2 Å². The molecule has 0 amide bonds. The second-order valence-electron chi connectivity index (χ2n) is 9.59. The van der Waals surface area contributed by atoms with Gasteiger partial charge in [0.25, 0.3) is 0 Å². The van der Waals surface area contributed by atoms with Gasteiger partial charge in [0.2, 0.25) is 0 Å². The molecule has 35 heavy (non-hydrogen) atoms. The summed E-state index contributed by atoms with van der Waals surface area (Å²) >= 11 is 0. The summed E-state index contributed by atoms with van der Waals surface area (Å²) in [5.41, 5.74) is 2.52. The molecule has 0 heterocycles. The fraction of sp³-hybridized carbons (Fsp3) is 0.355. The zero-order valence-electron chi connectivity index (χ0n) is 20.4. The molecule has 0 nitrogen and oxygen atoms in total. The van der Waals surface area contributed by atoms with Gasteiger partial charge in [-0.2, -0.15) is 0 Å².